The number of nitrogens with one attached hydrogen (secondary N) is 1. The number of rotatable bonds is 6. The van der Waals surface area contributed by atoms with Crippen LogP contribution in [0, 0.1) is 13.8 Å². The molecule has 0 fully saturated rings. The Labute approximate surface area is 179 Å². The molecular weight excluding hydrogens is 394 g/mol. The van der Waals surface area contributed by atoms with E-state index in [1.54, 1.807) is 30.8 Å². The highest BCUT2D eigenvalue weighted by atomic mass is 16.5. The summed E-state index contributed by atoms with van der Waals surface area (Å²) >= 11 is 0. The van der Waals surface area contributed by atoms with Crippen molar-refractivity contribution in [3.63, 3.8) is 0 Å². The maximum atomic E-state index is 12.7. The topological polar surface area (TPSA) is 91.2 Å². The number of methoxy groups -OCH3 is 1. The molecule has 8 heteroatoms. The van der Waals surface area contributed by atoms with Gasteiger partial charge in [0.1, 0.15) is 11.5 Å². The fourth-order valence-electron chi connectivity index (χ4n) is 2.96. The summed E-state index contributed by atoms with van der Waals surface area (Å²) < 4.78 is 12.5. The summed E-state index contributed by atoms with van der Waals surface area (Å²) in [6.07, 6.45) is 1.53. The standard InChI is InChI=1S/C23H21N5O3/c1-15-7-10-19(11-8-15)31-21-12-9-17(14-24-21)25-23(29)22-16(2)28(27-26-22)18-5-4-6-20(13-18)30-3/h4-14H,1-3H3,(H,25,29). The fraction of sp³-hybridized carbons (Fsp3) is 0.130. The number of aryl methyl sites for hydroxylation is 1. The van der Waals surface area contributed by atoms with Crippen molar-refractivity contribution in [1.82, 2.24) is 20.0 Å². The third-order valence-corrected chi connectivity index (χ3v) is 4.65. The highest BCUT2D eigenvalue weighted by Crippen LogP contribution is 2.22. The van der Waals surface area contributed by atoms with Crippen molar-refractivity contribution in [1.29, 1.82) is 0 Å². The molecule has 0 saturated heterocycles. The Bertz CT molecular complexity index is 1200. The quantitative estimate of drug-likeness (QED) is 0.504. The molecule has 0 bridgehead atoms. The highest BCUT2D eigenvalue weighted by Gasteiger charge is 2.18. The molecule has 2 heterocycles. The smallest absolute Gasteiger partial charge is 0.278 e. The number of ether oxygens (including phenoxy) is 2. The number of aromatic nitrogens is 4. The number of carbonyl (C=O) groups excluding carboxylic acids is 1. The number of amides is 1. The SMILES string of the molecule is COc1cccc(-n2nnc(C(=O)Nc3ccc(Oc4ccc(C)cc4)nc3)c2C)c1. The lowest BCUT2D eigenvalue weighted by atomic mass is 10.2. The van der Waals surface area contributed by atoms with E-state index in [0.29, 0.717) is 28.8 Å². The van der Waals surface area contributed by atoms with Gasteiger partial charge in [-0.05, 0) is 44.2 Å². The van der Waals surface area contributed by atoms with E-state index in [0.717, 1.165) is 11.3 Å². The first-order valence-electron chi connectivity index (χ1n) is 9.62. The summed E-state index contributed by atoms with van der Waals surface area (Å²) in [4.78, 5) is 16.9. The van der Waals surface area contributed by atoms with Crippen LogP contribution in [0.15, 0.2) is 66.9 Å². The highest BCUT2D eigenvalue weighted by molar-refractivity contribution is 6.03. The van der Waals surface area contributed by atoms with Crippen molar-refractivity contribution in [2.45, 2.75) is 13.8 Å². The second kappa shape index (κ2) is 8.66. The zero-order valence-corrected chi connectivity index (χ0v) is 17.4. The molecule has 31 heavy (non-hydrogen) atoms. The zero-order chi connectivity index (χ0) is 21.8. The van der Waals surface area contributed by atoms with Crippen molar-refractivity contribution in [3.8, 4) is 23.1 Å². The van der Waals surface area contributed by atoms with Gasteiger partial charge in [-0.15, -0.1) is 5.10 Å². The predicted molar refractivity (Wildman–Crippen MR) is 116 cm³/mol. The van der Waals surface area contributed by atoms with Crippen molar-refractivity contribution in [2.75, 3.05) is 12.4 Å². The summed E-state index contributed by atoms with van der Waals surface area (Å²) in [5, 5.41) is 10.9. The summed E-state index contributed by atoms with van der Waals surface area (Å²) in [6.45, 7) is 3.79. The molecule has 0 saturated carbocycles. The average molecular weight is 415 g/mol. The van der Waals surface area contributed by atoms with E-state index >= 15 is 0 Å². The molecule has 0 aliphatic heterocycles. The lowest BCUT2D eigenvalue weighted by Crippen LogP contribution is -2.14. The predicted octanol–water partition coefficient (Wildman–Crippen LogP) is 4.33. The largest absolute Gasteiger partial charge is 0.497 e. The van der Waals surface area contributed by atoms with Gasteiger partial charge in [-0.3, -0.25) is 4.79 Å². The van der Waals surface area contributed by atoms with Crippen molar-refractivity contribution in [2.24, 2.45) is 0 Å². The molecule has 1 N–H and O–H groups in total. The normalized spacial score (nSPS) is 10.5. The van der Waals surface area contributed by atoms with Crippen molar-refractivity contribution < 1.29 is 14.3 Å². The van der Waals surface area contributed by atoms with Crippen LogP contribution in [-0.4, -0.2) is 33.0 Å². The van der Waals surface area contributed by atoms with E-state index in [1.165, 1.54) is 6.20 Å². The van der Waals surface area contributed by atoms with Gasteiger partial charge >= 0.3 is 0 Å². The van der Waals surface area contributed by atoms with Crippen LogP contribution in [0.4, 0.5) is 5.69 Å². The van der Waals surface area contributed by atoms with Gasteiger partial charge in [0.2, 0.25) is 5.88 Å². The molecule has 0 aliphatic rings. The molecule has 0 spiro atoms. The number of benzene rings is 2. The van der Waals surface area contributed by atoms with Crippen LogP contribution in [0.25, 0.3) is 5.69 Å². The van der Waals surface area contributed by atoms with E-state index in [9.17, 15) is 4.79 Å². The van der Waals surface area contributed by atoms with Crippen LogP contribution in [-0.2, 0) is 0 Å². The number of nitrogens with zero attached hydrogens (tertiary/aromatic N) is 4. The summed E-state index contributed by atoms with van der Waals surface area (Å²) in [5.41, 5.74) is 3.26. The first kappa shape index (κ1) is 20.1. The van der Waals surface area contributed by atoms with Gasteiger partial charge in [0.25, 0.3) is 5.91 Å². The van der Waals surface area contributed by atoms with Crippen LogP contribution in [0.5, 0.6) is 17.4 Å². The number of hydrogen-bond acceptors (Lipinski definition) is 6. The lowest BCUT2D eigenvalue weighted by Gasteiger charge is -2.08. The first-order chi connectivity index (χ1) is 15.0. The average Bonchev–Trinajstić information content (AvgIpc) is 3.18. The van der Waals surface area contributed by atoms with Gasteiger partial charge in [-0.1, -0.05) is 29.0 Å². The molecule has 8 nitrogen and oxygen atoms in total. The van der Waals surface area contributed by atoms with E-state index in [2.05, 4.69) is 20.6 Å². The van der Waals surface area contributed by atoms with Gasteiger partial charge in [-0.25, -0.2) is 9.67 Å². The van der Waals surface area contributed by atoms with Gasteiger partial charge in [0.05, 0.1) is 30.4 Å². The minimum absolute atomic E-state index is 0.225. The molecule has 2 aromatic heterocycles. The maximum Gasteiger partial charge on any atom is 0.278 e. The van der Waals surface area contributed by atoms with Gasteiger partial charge < -0.3 is 14.8 Å². The van der Waals surface area contributed by atoms with Crippen LogP contribution in [0.2, 0.25) is 0 Å². The van der Waals surface area contributed by atoms with Gasteiger partial charge in [0.15, 0.2) is 5.69 Å². The Balaban J connectivity index is 1.46. The van der Waals surface area contributed by atoms with Crippen LogP contribution in [0.3, 0.4) is 0 Å². The van der Waals surface area contributed by atoms with Crippen LogP contribution >= 0.6 is 0 Å². The second-order valence-corrected chi connectivity index (χ2v) is 6.89. The number of anilines is 1. The molecule has 156 valence electrons. The van der Waals surface area contributed by atoms with Gasteiger partial charge in [0, 0.05) is 12.1 Å². The number of carbonyl (C=O) groups is 1. The Hall–Kier alpha value is -4.20. The molecule has 0 aliphatic carbocycles. The van der Waals surface area contributed by atoms with E-state index in [-0.39, 0.29) is 11.6 Å². The Morgan fingerprint density at radius 2 is 1.81 bits per heavy atom. The molecule has 0 atom stereocenters. The first-order valence-corrected chi connectivity index (χ1v) is 9.62. The molecule has 0 radical (unpaired) electrons. The molecule has 0 unspecified atom stereocenters. The Morgan fingerprint density at radius 3 is 2.52 bits per heavy atom. The number of hydrogen-bond donors (Lipinski definition) is 1. The van der Waals surface area contributed by atoms with E-state index < -0.39 is 0 Å². The second-order valence-electron chi connectivity index (χ2n) is 6.89. The molecular formula is C23H21N5O3. The van der Waals surface area contributed by atoms with E-state index in [4.69, 9.17) is 9.47 Å². The number of pyridine rings is 1. The van der Waals surface area contributed by atoms with Crippen LogP contribution < -0.4 is 14.8 Å². The van der Waals surface area contributed by atoms with Crippen LogP contribution in [0.1, 0.15) is 21.7 Å². The fourth-order valence-corrected chi connectivity index (χ4v) is 2.96. The molecule has 4 aromatic rings. The summed E-state index contributed by atoms with van der Waals surface area (Å²) in [7, 11) is 1.59. The zero-order valence-electron chi connectivity index (χ0n) is 17.4. The summed E-state index contributed by atoms with van der Waals surface area (Å²) in [6, 6.07) is 18.5. The minimum Gasteiger partial charge on any atom is -0.497 e. The molecule has 1 amide bonds. The summed E-state index contributed by atoms with van der Waals surface area (Å²) in [5.74, 6) is 1.44. The Kier molecular flexibility index (Phi) is 5.61. The van der Waals surface area contributed by atoms with Crippen molar-refractivity contribution >= 4 is 11.6 Å². The Morgan fingerprint density at radius 1 is 1.00 bits per heavy atom. The van der Waals surface area contributed by atoms with Crippen molar-refractivity contribution in [3.05, 3.63) is 83.8 Å². The molecule has 4 rings (SSSR count). The third kappa shape index (κ3) is 4.53. The van der Waals surface area contributed by atoms with E-state index in [1.807, 2.05) is 55.5 Å². The van der Waals surface area contributed by atoms with Gasteiger partial charge in [-0.2, -0.15) is 0 Å². The lowest BCUT2D eigenvalue weighted by molar-refractivity contribution is 0.102. The molecule has 2 aromatic carbocycles. The minimum atomic E-state index is -0.374. The monoisotopic (exact) mass is 415 g/mol. The third-order valence-electron chi connectivity index (χ3n) is 4.65. The maximum absolute atomic E-state index is 12.7.